The second-order valence-electron chi connectivity index (χ2n) is 10.5. The summed E-state index contributed by atoms with van der Waals surface area (Å²) >= 11 is 0. The topological polar surface area (TPSA) is 98.8 Å². The van der Waals surface area contributed by atoms with Crippen LogP contribution < -0.4 is 10.6 Å². The molecule has 0 radical (unpaired) electrons. The first kappa shape index (κ1) is 28.3. The molecular weight excluding hydrogens is 492 g/mol. The van der Waals surface area contributed by atoms with Crippen LogP contribution in [0.4, 0.5) is 0 Å². The molecule has 8 nitrogen and oxygen atoms in total. The van der Waals surface area contributed by atoms with Crippen LogP contribution in [0.3, 0.4) is 0 Å². The lowest BCUT2D eigenvalue weighted by Gasteiger charge is -2.37. The molecule has 2 aliphatic rings. The lowest BCUT2D eigenvalue weighted by Crippen LogP contribution is -2.56. The Morgan fingerprint density at radius 1 is 0.897 bits per heavy atom. The first-order valence-corrected chi connectivity index (χ1v) is 14.2. The minimum atomic E-state index is -0.602. The van der Waals surface area contributed by atoms with Crippen LogP contribution in [0, 0.1) is 5.92 Å². The predicted molar refractivity (Wildman–Crippen MR) is 152 cm³/mol. The Bertz CT molecular complexity index is 1180. The van der Waals surface area contributed by atoms with E-state index >= 15 is 0 Å². The fraction of sp³-hybridized carbons (Fsp3) is 0.484. The number of fused-ring (bicyclic) bond motifs is 1. The largest absolute Gasteiger partial charge is 0.353 e. The highest BCUT2D eigenvalue weighted by atomic mass is 16.2. The third-order valence-corrected chi connectivity index (χ3v) is 7.89. The number of piperazine rings is 1. The molecule has 4 rings (SSSR count). The summed E-state index contributed by atoms with van der Waals surface area (Å²) in [6.45, 7) is 5.71. The monoisotopic (exact) mass is 532 g/mol. The third kappa shape index (κ3) is 7.46. The molecule has 1 aliphatic heterocycles. The summed E-state index contributed by atoms with van der Waals surface area (Å²) in [4.78, 5) is 54.9. The minimum absolute atomic E-state index is 0.0254. The van der Waals surface area contributed by atoms with E-state index in [4.69, 9.17) is 0 Å². The summed E-state index contributed by atoms with van der Waals surface area (Å²) in [5, 5.41) is 7.77. The smallest absolute Gasteiger partial charge is 0.254 e. The van der Waals surface area contributed by atoms with Gasteiger partial charge in [0, 0.05) is 44.2 Å². The minimum Gasteiger partial charge on any atom is -0.353 e. The van der Waals surface area contributed by atoms with Gasteiger partial charge in [-0.15, -0.1) is 0 Å². The van der Waals surface area contributed by atoms with Crippen LogP contribution in [0.25, 0.3) is 10.8 Å². The van der Waals surface area contributed by atoms with Crippen molar-refractivity contribution in [3.63, 3.8) is 0 Å². The van der Waals surface area contributed by atoms with Gasteiger partial charge in [0.15, 0.2) is 0 Å². The molecule has 1 atom stereocenters. The van der Waals surface area contributed by atoms with Gasteiger partial charge in [-0.2, -0.15) is 0 Å². The molecule has 0 unspecified atom stereocenters. The van der Waals surface area contributed by atoms with E-state index in [9.17, 15) is 19.2 Å². The van der Waals surface area contributed by atoms with Gasteiger partial charge in [0.25, 0.3) is 5.91 Å². The van der Waals surface area contributed by atoms with E-state index < -0.39 is 6.04 Å². The number of hydrogen-bond donors (Lipinski definition) is 2. The van der Waals surface area contributed by atoms with Crippen LogP contribution in [0.5, 0.6) is 0 Å². The molecule has 208 valence electrons. The summed E-state index contributed by atoms with van der Waals surface area (Å²) in [6.07, 6.45) is 8.14. The lowest BCUT2D eigenvalue weighted by molar-refractivity contribution is -0.139. The normalized spacial score (nSPS) is 16.9. The van der Waals surface area contributed by atoms with E-state index in [2.05, 4.69) is 17.2 Å². The average molecular weight is 533 g/mol. The highest BCUT2D eigenvalue weighted by molar-refractivity contribution is 6.07. The highest BCUT2D eigenvalue weighted by Gasteiger charge is 2.32. The van der Waals surface area contributed by atoms with E-state index in [1.807, 2.05) is 47.4 Å². The molecule has 1 heterocycles. The van der Waals surface area contributed by atoms with Crippen molar-refractivity contribution in [3.05, 3.63) is 60.7 Å². The molecule has 1 saturated heterocycles. The summed E-state index contributed by atoms with van der Waals surface area (Å²) in [5.41, 5.74) is 0.675. The van der Waals surface area contributed by atoms with Crippen molar-refractivity contribution in [2.75, 3.05) is 32.7 Å². The van der Waals surface area contributed by atoms with Gasteiger partial charge in [0.2, 0.25) is 17.7 Å². The maximum atomic E-state index is 13.6. The zero-order valence-electron chi connectivity index (χ0n) is 22.7. The second kappa shape index (κ2) is 13.9. The molecule has 39 heavy (non-hydrogen) atoms. The van der Waals surface area contributed by atoms with Gasteiger partial charge in [-0.25, -0.2) is 0 Å². The Balaban J connectivity index is 1.35. The Morgan fingerprint density at radius 2 is 1.59 bits per heavy atom. The number of carbonyl (C=O) groups excluding carboxylic acids is 4. The molecule has 0 aromatic heterocycles. The number of rotatable bonds is 10. The first-order chi connectivity index (χ1) is 19.0. The lowest BCUT2D eigenvalue weighted by atomic mass is 9.88. The van der Waals surface area contributed by atoms with Gasteiger partial charge in [0.05, 0.1) is 0 Å². The Kier molecular flexibility index (Phi) is 10.1. The zero-order chi connectivity index (χ0) is 27.6. The van der Waals surface area contributed by atoms with Crippen LogP contribution in [0.2, 0.25) is 0 Å². The van der Waals surface area contributed by atoms with Gasteiger partial charge in [-0.05, 0) is 55.0 Å². The summed E-state index contributed by atoms with van der Waals surface area (Å²) in [6, 6.07) is 13.0. The Hall–Kier alpha value is -3.68. The maximum Gasteiger partial charge on any atom is 0.254 e. The van der Waals surface area contributed by atoms with Crippen molar-refractivity contribution in [1.29, 1.82) is 0 Å². The number of benzene rings is 2. The van der Waals surface area contributed by atoms with E-state index in [-0.39, 0.29) is 29.5 Å². The maximum absolute atomic E-state index is 13.6. The quantitative estimate of drug-likeness (QED) is 0.360. The zero-order valence-corrected chi connectivity index (χ0v) is 22.7. The van der Waals surface area contributed by atoms with Crippen LogP contribution in [0.1, 0.15) is 61.7 Å². The van der Waals surface area contributed by atoms with Crippen LogP contribution in [0.15, 0.2) is 55.1 Å². The molecule has 8 heteroatoms. The van der Waals surface area contributed by atoms with Crippen molar-refractivity contribution in [2.24, 2.45) is 5.92 Å². The summed E-state index contributed by atoms with van der Waals surface area (Å²) in [5.74, 6) is -0.396. The molecule has 1 saturated carbocycles. The first-order valence-electron chi connectivity index (χ1n) is 14.2. The third-order valence-electron chi connectivity index (χ3n) is 7.89. The van der Waals surface area contributed by atoms with Gasteiger partial charge in [-0.1, -0.05) is 62.2 Å². The van der Waals surface area contributed by atoms with Crippen molar-refractivity contribution in [3.8, 4) is 0 Å². The fourth-order valence-electron chi connectivity index (χ4n) is 5.60. The molecule has 2 aromatic rings. The van der Waals surface area contributed by atoms with Crippen molar-refractivity contribution >= 4 is 34.4 Å². The highest BCUT2D eigenvalue weighted by Crippen LogP contribution is 2.24. The summed E-state index contributed by atoms with van der Waals surface area (Å²) < 4.78 is 0. The number of nitrogens with one attached hydrogen (secondary N) is 2. The molecule has 4 amide bonds. The standard InChI is InChI=1S/C31H40N4O4/c1-2-28(36)32-18-9-8-17-27(33-29(37)24-12-4-3-5-13-24)31(39)35-21-19-34(20-22-35)30(38)26-16-10-14-23-11-6-7-15-25(23)26/h2,6-7,10-11,14-16,24,27H,1,3-5,8-9,12-13,17-22H2,(H,32,36)(H,33,37)/t27-/m0/s1. The van der Waals surface area contributed by atoms with Gasteiger partial charge < -0.3 is 20.4 Å². The molecule has 2 aromatic carbocycles. The number of amides is 4. The van der Waals surface area contributed by atoms with Gasteiger partial charge in [-0.3, -0.25) is 19.2 Å². The number of carbonyl (C=O) groups is 4. The Labute approximate surface area is 230 Å². The van der Waals surface area contributed by atoms with Gasteiger partial charge in [0.1, 0.15) is 6.04 Å². The molecular formula is C31H40N4O4. The predicted octanol–water partition coefficient (Wildman–Crippen LogP) is 3.66. The Morgan fingerprint density at radius 3 is 2.33 bits per heavy atom. The summed E-state index contributed by atoms with van der Waals surface area (Å²) in [7, 11) is 0. The molecule has 1 aliphatic carbocycles. The van der Waals surface area contributed by atoms with Crippen LogP contribution in [-0.4, -0.2) is 72.2 Å². The van der Waals surface area contributed by atoms with Gasteiger partial charge >= 0.3 is 0 Å². The molecule has 0 bridgehead atoms. The van der Waals surface area contributed by atoms with E-state index in [0.29, 0.717) is 57.5 Å². The number of hydrogen-bond acceptors (Lipinski definition) is 4. The van der Waals surface area contributed by atoms with Crippen LogP contribution in [-0.2, 0) is 14.4 Å². The van der Waals surface area contributed by atoms with Crippen molar-refractivity contribution in [1.82, 2.24) is 20.4 Å². The fourth-order valence-corrected chi connectivity index (χ4v) is 5.60. The molecule has 0 spiro atoms. The van der Waals surface area contributed by atoms with E-state index in [0.717, 1.165) is 42.9 Å². The van der Waals surface area contributed by atoms with Crippen molar-refractivity contribution < 1.29 is 19.2 Å². The van der Waals surface area contributed by atoms with Crippen molar-refractivity contribution in [2.45, 2.75) is 57.4 Å². The van der Waals surface area contributed by atoms with Crippen LogP contribution >= 0.6 is 0 Å². The SMILES string of the molecule is C=CC(=O)NCCCC[C@H](NC(=O)C1CCCCC1)C(=O)N1CCN(C(=O)c2cccc3ccccc23)CC1. The molecule has 2 fully saturated rings. The molecule has 2 N–H and O–H groups in total. The second-order valence-corrected chi connectivity index (χ2v) is 10.5. The average Bonchev–Trinajstić information content (AvgIpc) is 2.99. The number of unbranched alkanes of at least 4 members (excludes halogenated alkanes) is 1. The van der Waals surface area contributed by atoms with E-state index in [1.54, 1.807) is 4.90 Å². The number of nitrogens with zero attached hydrogens (tertiary/aromatic N) is 2. The van der Waals surface area contributed by atoms with E-state index in [1.165, 1.54) is 6.08 Å².